The fourth-order valence-corrected chi connectivity index (χ4v) is 3.12. The van der Waals surface area contributed by atoms with Crippen molar-refractivity contribution < 1.29 is 9.53 Å². The van der Waals surface area contributed by atoms with Crippen LogP contribution < -0.4 is 20.7 Å². The zero-order chi connectivity index (χ0) is 20.8. The molecule has 3 N–H and O–H groups in total. The van der Waals surface area contributed by atoms with Gasteiger partial charge in [-0.2, -0.15) is 0 Å². The van der Waals surface area contributed by atoms with Crippen LogP contribution in [-0.4, -0.2) is 29.5 Å². The lowest BCUT2D eigenvalue weighted by Gasteiger charge is -2.11. The Labute approximate surface area is 178 Å². The first-order valence-electron chi connectivity index (χ1n) is 9.10. The van der Waals surface area contributed by atoms with Crippen LogP contribution in [0.4, 0.5) is 23.0 Å². The second-order valence-electron chi connectivity index (χ2n) is 6.22. The molecule has 3 rings (SSSR count). The first-order valence-corrected chi connectivity index (χ1v) is 9.89. The van der Waals surface area contributed by atoms with Crippen LogP contribution >= 0.6 is 15.9 Å². The minimum atomic E-state index is -0.224. The van der Waals surface area contributed by atoms with E-state index in [1.54, 1.807) is 25.3 Å². The van der Waals surface area contributed by atoms with Crippen LogP contribution in [0.1, 0.15) is 23.1 Å². The third-order valence-electron chi connectivity index (χ3n) is 4.03. The summed E-state index contributed by atoms with van der Waals surface area (Å²) in [5.74, 6) is 2.55. The van der Waals surface area contributed by atoms with E-state index in [1.165, 1.54) is 0 Å². The molecule has 0 aliphatic heterocycles. The van der Waals surface area contributed by atoms with Crippen LogP contribution in [0, 0.1) is 6.92 Å². The normalized spacial score (nSPS) is 10.3. The molecule has 0 aliphatic carbocycles. The van der Waals surface area contributed by atoms with Gasteiger partial charge in [-0.15, -0.1) is 0 Å². The summed E-state index contributed by atoms with van der Waals surface area (Å²) in [5.41, 5.74) is 2.03. The van der Waals surface area contributed by atoms with Crippen molar-refractivity contribution in [2.75, 3.05) is 29.6 Å². The molecule has 0 saturated carbocycles. The molecule has 3 aromatic rings. The second kappa shape index (κ2) is 9.38. The number of hydrogen-bond donors (Lipinski definition) is 3. The summed E-state index contributed by atoms with van der Waals surface area (Å²) in [5, 5.41) is 9.32. The lowest BCUT2D eigenvalue weighted by molar-refractivity contribution is 0.102. The lowest BCUT2D eigenvalue weighted by Crippen LogP contribution is -2.12. The first-order chi connectivity index (χ1) is 14.0. The summed E-state index contributed by atoms with van der Waals surface area (Å²) in [6.45, 7) is 4.65. The summed E-state index contributed by atoms with van der Waals surface area (Å²) < 4.78 is 5.89. The average Bonchev–Trinajstić information content (AvgIpc) is 2.69. The van der Waals surface area contributed by atoms with Crippen molar-refractivity contribution in [1.82, 2.24) is 9.97 Å². The Morgan fingerprint density at radius 2 is 1.72 bits per heavy atom. The molecule has 2 aromatic carbocycles. The van der Waals surface area contributed by atoms with Crippen molar-refractivity contribution >= 4 is 44.8 Å². The van der Waals surface area contributed by atoms with Crippen molar-refractivity contribution in [2.45, 2.75) is 13.8 Å². The molecular weight excluding hydrogens is 434 g/mol. The number of nitrogens with zero attached hydrogens (tertiary/aromatic N) is 2. The molecule has 0 saturated heterocycles. The number of halogens is 1. The number of aryl methyl sites for hydroxylation is 1. The van der Waals surface area contributed by atoms with Crippen molar-refractivity contribution in [3.05, 3.63) is 64.4 Å². The maximum absolute atomic E-state index is 12.6. The summed E-state index contributed by atoms with van der Waals surface area (Å²) in [4.78, 5) is 21.3. The molecule has 8 heteroatoms. The number of rotatable bonds is 7. The number of anilines is 4. The van der Waals surface area contributed by atoms with Gasteiger partial charge in [-0.05, 0) is 72.2 Å². The van der Waals surface area contributed by atoms with Gasteiger partial charge in [0.2, 0.25) is 0 Å². The van der Waals surface area contributed by atoms with Gasteiger partial charge in [0, 0.05) is 28.5 Å². The van der Waals surface area contributed by atoms with E-state index in [0.717, 1.165) is 18.1 Å². The van der Waals surface area contributed by atoms with Crippen LogP contribution in [0.2, 0.25) is 0 Å². The third-order valence-corrected chi connectivity index (χ3v) is 4.72. The summed E-state index contributed by atoms with van der Waals surface area (Å²) in [6, 6.07) is 14.5. The van der Waals surface area contributed by atoms with Crippen LogP contribution in [0.3, 0.4) is 0 Å². The number of hydrogen-bond acceptors (Lipinski definition) is 6. The van der Waals surface area contributed by atoms with E-state index >= 15 is 0 Å². The molecule has 0 atom stereocenters. The van der Waals surface area contributed by atoms with Gasteiger partial charge in [0.15, 0.2) is 0 Å². The topological polar surface area (TPSA) is 88.2 Å². The summed E-state index contributed by atoms with van der Waals surface area (Å²) in [7, 11) is 1.57. The molecule has 150 valence electrons. The van der Waals surface area contributed by atoms with Crippen molar-refractivity contribution in [2.24, 2.45) is 0 Å². The standard InChI is InChI=1S/C21H22BrN5O2/c1-4-23-19-12-20(25-13(2)24-19)26-14-5-7-15(8-6-14)27-21(28)17-11-16(29-3)9-10-18(17)22/h5-12H,4H2,1-3H3,(H,27,28)(H2,23,24,25,26). The van der Waals surface area contributed by atoms with E-state index in [-0.39, 0.29) is 5.91 Å². The second-order valence-corrected chi connectivity index (χ2v) is 7.07. The highest BCUT2D eigenvalue weighted by atomic mass is 79.9. The Hall–Kier alpha value is -3.13. The average molecular weight is 456 g/mol. The summed E-state index contributed by atoms with van der Waals surface area (Å²) >= 11 is 3.40. The van der Waals surface area contributed by atoms with Crippen molar-refractivity contribution in [1.29, 1.82) is 0 Å². The van der Waals surface area contributed by atoms with E-state index in [0.29, 0.717) is 33.1 Å². The highest BCUT2D eigenvalue weighted by Crippen LogP contribution is 2.24. The molecule has 0 unspecified atom stereocenters. The molecule has 1 heterocycles. The Bertz CT molecular complexity index is 1010. The SMILES string of the molecule is CCNc1cc(Nc2ccc(NC(=O)c3cc(OC)ccc3Br)cc2)nc(C)n1. The molecule has 0 aliphatic rings. The molecule has 0 fully saturated rings. The minimum absolute atomic E-state index is 0.224. The van der Waals surface area contributed by atoms with Gasteiger partial charge in [-0.1, -0.05) is 0 Å². The molecule has 0 bridgehead atoms. The van der Waals surface area contributed by atoms with Gasteiger partial charge in [0.1, 0.15) is 23.2 Å². The van der Waals surface area contributed by atoms with E-state index in [2.05, 4.69) is 41.8 Å². The molecule has 1 aromatic heterocycles. The van der Waals surface area contributed by atoms with E-state index in [9.17, 15) is 4.79 Å². The minimum Gasteiger partial charge on any atom is -0.497 e. The number of methoxy groups -OCH3 is 1. The van der Waals surface area contributed by atoms with E-state index in [1.807, 2.05) is 44.2 Å². The molecule has 0 spiro atoms. The third kappa shape index (κ3) is 5.45. The van der Waals surface area contributed by atoms with Crippen molar-refractivity contribution in [3.63, 3.8) is 0 Å². The Balaban J connectivity index is 1.70. The van der Waals surface area contributed by atoms with E-state index in [4.69, 9.17) is 4.74 Å². The number of amides is 1. The zero-order valence-electron chi connectivity index (χ0n) is 16.4. The molecule has 29 heavy (non-hydrogen) atoms. The number of ether oxygens (including phenoxy) is 1. The highest BCUT2D eigenvalue weighted by molar-refractivity contribution is 9.10. The predicted octanol–water partition coefficient (Wildman–Crippen LogP) is 4.98. The number of carbonyl (C=O) groups is 1. The molecule has 1 amide bonds. The zero-order valence-corrected chi connectivity index (χ0v) is 18.0. The number of benzene rings is 2. The Morgan fingerprint density at radius 3 is 2.41 bits per heavy atom. The summed E-state index contributed by atoms with van der Waals surface area (Å²) in [6.07, 6.45) is 0. The molecule has 0 radical (unpaired) electrons. The predicted molar refractivity (Wildman–Crippen MR) is 119 cm³/mol. The smallest absolute Gasteiger partial charge is 0.256 e. The van der Waals surface area contributed by atoms with Gasteiger partial charge in [0.25, 0.3) is 5.91 Å². The highest BCUT2D eigenvalue weighted by Gasteiger charge is 2.12. The Morgan fingerprint density at radius 1 is 1.03 bits per heavy atom. The Kier molecular flexibility index (Phi) is 6.66. The van der Waals surface area contributed by atoms with Crippen LogP contribution in [-0.2, 0) is 0 Å². The monoisotopic (exact) mass is 455 g/mol. The van der Waals surface area contributed by atoms with Gasteiger partial charge in [-0.25, -0.2) is 9.97 Å². The number of carbonyl (C=O) groups excluding carboxylic acids is 1. The largest absolute Gasteiger partial charge is 0.497 e. The van der Waals surface area contributed by atoms with Crippen LogP contribution in [0.15, 0.2) is 53.0 Å². The van der Waals surface area contributed by atoms with Crippen LogP contribution in [0.5, 0.6) is 5.75 Å². The quantitative estimate of drug-likeness (QED) is 0.465. The number of aromatic nitrogens is 2. The molecular formula is C21H22BrN5O2. The van der Waals surface area contributed by atoms with Gasteiger partial charge < -0.3 is 20.7 Å². The van der Waals surface area contributed by atoms with Gasteiger partial charge in [0.05, 0.1) is 12.7 Å². The van der Waals surface area contributed by atoms with Crippen LogP contribution in [0.25, 0.3) is 0 Å². The maximum atomic E-state index is 12.6. The van der Waals surface area contributed by atoms with Gasteiger partial charge in [-0.3, -0.25) is 4.79 Å². The molecule has 7 nitrogen and oxygen atoms in total. The maximum Gasteiger partial charge on any atom is 0.256 e. The van der Waals surface area contributed by atoms with Crippen molar-refractivity contribution in [3.8, 4) is 5.75 Å². The fraction of sp³-hybridized carbons (Fsp3) is 0.190. The fourth-order valence-electron chi connectivity index (χ4n) is 2.69. The number of nitrogens with one attached hydrogen (secondary N) is 3. The van der Waals surface area contributed by atoms with E-state index < -0.39 is 0 Å². The first kappa shape index (κ1) is 20.6. The van der Waals surface area contributed by atoms with Gasteiger partial charge >= 0.3 is 0 Å². The lowest BCUT2D eigenvalue weighted by atomic mass is 10.2.